The highest BCUT2D eigenvalue weighted by atomic mass is 16.5. The van der Waals surface area contributed by atoms with Crippen molar-refractivity contribution in [3.05, 3.63) is 24.3 Å². The molecule has 5 nitrogen and oxygen atoms in total. The lowest BCUT2D eigenvalue weighted by atomic mass is 9.70. The maximum absolute atomic E-state index is 9.11. The van der Waals surface area contributed by atoms with Gasteiger partial charge in [-0.15, -0.1) is 0 Å². The van der Waals surface area contributed by atoms with Gasteiger partial charge in [-0.05, 0) is 25.0 Å². The van der Waals surface area contributed by atoms with E-state index in [1.54, 1.807) is 7.11 Å². The van der Waals surface area contributed by atoms with Gasteiger partial charge in [0.05, 0.1) is 25.1 Å². The van der Waals surface area contributed by atoms with E-state index in [0.717, 1.165) is 30.7 Å². The lowest BCUT2D eigenvalue weighted by Crippen LogP contribution is -2.33. The smallest absolute Gasteiger partial charge is 0.193 e. The first kappa shape index (κ1) is 13.2. The van der Waals surface area contributed by atoms with Gasteiger partial charge in [0.2, 0.25) is 0 Å². The summed E-state index contributed by atoms with van der Waals surface area (Å²) in [6.07, 6.45) is 2.94. The zero-order valence-electron chi connectivity index (χ0n) is 11.0. The molecule has 0 heterocycles. The number of hydrogen-bond acceptors (Lipinski definition) is 3. The highest BCUT2D eigenvalue weighted by Gasteiger charge is 2.36. The van der Waals surface area contributed by atoms with Crippen LogP contribution < -0.4 is 15.8 Å². The van der Waals surface area contributed by atoms with Crippen molar-refractivity contribution >= 4 is 11.6 Å². The summed E-state index contributed by atoms with van der Waals surface area (Å²) in [5.41, 5.74) is 6.36. The van der Waals surface area contributed by atoms with E-state index in [2.05, 4.69) is 16.4 Å². The number of rotatable bonds is 4. The topological polar surface area (TPSA) is 83.4 Å². The predicted molar refractivity (Wildman–Crippen MR) is 75.0 cm³/mol. The number of methoxy groups -OCH3 is 1. The number of nitriles is 1. The van der Waals surface area contributed by atoms with E-state index < -0.39 is 0 Å². The van der Waals surface area contributed by atoms with Crippen LogP contribution in [-0.2, 0) is 0 Å². The molecular weight excluding hydrogens is 240 g/mol. The Bertz CT molecular complexity index is 514. The van der Waals surface area contributed by atoms with Crippen LogP contribution in [0.1, 0.15) is 19.3 Å². The Labute approximate surface area is 113 Å². The van der Waals surface area contributed by atoms with Gasteiger partial charge < -0.3 is 15.8 Å². The number of nitrogens with one attached hydrogen (secondary N) is 1. The average molecular weight is 258 g/mol. The van der Waals surface area contributed by atoms with Gasteiger partial charge in [-0.3, -0.25) is 4.99 Å². The molecule has 0 bridgehead atoms. The Morgan fingerprint density at radius 3 is 2.95 bits per heavy atom. The fourth-order valence-electron chi connectivity index (χ4n) is 2.03. The van der Waals surface area contributed by atoms with Gasteiger partial charge in [0.25, 0.3) is 0 Å². The van der Waals surface area contributed by atoms with Crippen molar-refractivity contribution in [3.8, 4) is 11.8 Å². The van der Waals surface area contributed by atoms with Gasteiger partial charge in [-0.1, -0.05) is 12.5 Å². The van der Waals surface area contributed by atoms with Crippen LogP contribution in [0.15, 0.2) is 29.3 Å². The second-order valence-electron chi connectivity index (χ2n) is 4.80. The minimum Gasteiger partial charge on any atom is -0.497 e. The molecule has 0 aliphatic heterocycles. The van der Waals surface area contributed by atoms with Gasteiger partial charge in [0.15, 0.2) is 5.96 Å². The summed E-state index contributed by atoms with van der Waals surface area (Å²) in [6, 6.07) is 9.80. The van der Waals surface area contributed by atoms with Crippen molar-refractivity contribution in [3.63, 3.8) is 0 Å². The molecule has 100 valence electrons. The molecule has 0 atom stereocenters. The summed E-state index contributed by atoms with van der Waals surface area (Å²) in [6.45, 7) is 0.465. The van der Waals surface area contributed by atoms with Crippen LogP contribution in [0, 0.1) is 16.7 Å². The van der Waals surface area contributed by atoms with E-state index in [1.807, 2.05) is 24.3 Å². The SMILES string of the molecule is COc1cccc(NC(N)=NCC2(C#N)CCC2)c1. The number of aliphatic imine (C=N–C) groups is 1. The Balaban J connectivity index is 1.96. The maximum Gasteiger partial charge on any atom is 0.193 e. The summed E-state index contributed by atoms with van der Waals surface area (Å²) < 4.78 is 5.13. The predicted octanol–water partition coefficient (Wildman–Crippen LogP) is 2.12. The molecule has 3 N–H and O–H groups in total. The van der Waals surface area contributed by atoms with Crippen molar-refractivity contribution < 1.29 is 4.74 Å². The maximum atomic E-state index is 9.11. The number of hydrogen-bond donors (Lipinski definition) is 2. The fraction of sp³-hybridized carbons (Fsp3) is 0.429. The highest BCUT2D eigenvalue weighted by Crippen LogP contribution is 2.40. The lowest BCUT2D eigenvalue weighted by molar-refractivity contribution is 0.226. The molecule has 1 aliphatic carbocycles. The van der Waals surface area contributed by atoms with E-state index in [9.17, 15) is 0 Å². The molecule has 19 heavy (non-hydrogen) atoms. The van der Waals surface area contributed by atoms with Gasteiger partial charge in [-0.2, -0.15) is 5.26 Å². The Morgan fingerprint density at radius 2 is 2.37 bits per heavy atom. The zero-order valence-corrected chi connectivity index (χ0v) is 11.0. The molecule has 1 aromatic rings. The third kappa shape index (κ3) is 3.16. The van der Waals surface area contributed by atoms with Gasteiger partial charge in [-0.25, -0.2) is 0 Å². The van der Waals surface area contributed by atoms with E-state index >= 15 is 0 Å². The van der Waals surface area contributed by atoms with Crippen molar-refractivity contribution in [2.75, 3.05) is 19.0 Å². The van der Waals surface area contributed by atoms with Crippen LogP contribution in [-0.4, -0.2) is 19.6 Å². The van der Waals surface area contributed by atoms with Crippen molar-refractivity contribution in [1.82, 2.24) is 0 Å². The number of anilines is 1. The molecule has 1 aliphatic rings. The van der Waals surface area contributed by atoms with Gasteiger partial charge >= 0.3 is 0 Å². The normalized spacial score (nSPS) is 17.2. The first-order valence-corrected chi connectivity index (χ1v) is 6.30. The Morgan fingerprint density at radius 1 is 1.58 bits per heavy atom. The lowest BCUT2D eigenvalue weighted by Gasteiger charge is -2.33. The Kier molecular flexibility index (Phi) is 3.91. The summed E-state index contributed by atoms with van der Waals surface area (Å²) >= 11 is 0. The molecule has 1 saturated carbocycles. The van der Waals surface area contributed by atoms with Crippen LogP contribution in [0.2, 0.25) is 0 Å². The van der Waals surface area contributed by atoms with Crippen molar-refractivity contribution in [1.29, 1.82) is 5.26 Å². The zero-order chi connectivity index (χ0) is 13.7. The van der Waals surface area contributed by atoms with E-state index in [-0.39, 0.29) is 5.41 Å². The number of benzene rings is 1. The van der Waals surface area contributed by atoms with Crippen molar-refractivity contribution in [2.45, 2.75) is 19.3 Å². The van der Waals surface area contributed by atoms with Crippen LogP contribution in [0.25, 0.3) is 0 Å². The highest BCUT2D eigenvalue weighted by molar-refractivity contribution is 5.92. The summed E-state index contributed by atoms with van der Waals surface area (Å²) in [5, 5.41) is 12.1. The van der Waals surface area contributed by atoms with Crippen LogP contribution in [0.5, 0.6) is 5.75 Å². The second-order valence-corrected chi connectivity index (χ2v) is 4.80. The van der Waals surface area contributed by atoms with E-state index in [1.165, 1.54) is 0 Å². The van der Waals surface area contributed by atoms with Crippen LogP contribution >= 0.6 is 0 Å². The van der Waals surface area contributed by atoms with Gasteiger partial charge in [0.1, 0.15) is 5.75 Å². The standard InChI is InChI=1S/C14H18N4O/c1-19-12-5-2-4-11(8-12)18-13(16)17-10-14(9-15)6-3-7-14/h2,4-5,8H,3,6-7,10H2,1H3,(H3,16,17,18). The second kappa shape index (κ2) is 5.61. The summed E-state index contributed by atoms with van der Waals surface area (Å²) in [5.74, 6) is 1.08. The van der Waals surface area contributed by atoms with Gasteiger partial charge in [0, 0.05) is 11.8 Å². The first-order valence-electron chi connectivity index (χ1n) is 6.30. The largest absolute Gasteiger partial charge is 0.497 e. The summed E-state index contributed by atoms with van der Waals surface area (Å²) in [4.78, 5) is 4.26. The molecule has 0 aromatic heterocycles. The number of nitrogens with two attached hydrogens (primary N) is 1. The summed E-state index contributed by atoms with van der Waals surface area (Å²) in [7, 11) is 1.61. The molecular formula is C14H18N4O. The van der Waals surface area contributed by atoms with E-state index in [4.69, 9.17) is 15.7 Å². The minimum atomic E-state index is -0.291. The molecule has 2 rings (SSSR count). The Hall–Kier alpha value is -2.22. The number of nitrogens with zero attached hydrogens (tertiary/aromatic N) is 2. The molecule has 0 amide bonds. The monoisotopic (exact) mass is 258 g/mol. The fourth-order valence-corrected chi connectivity index (χ4v) is 2.03. The average Bonchev–Trinajstić information content (AvgIpc) is 2.38. The molecule has 0 saturated heterocycles. The number of ether oxygens (including phenoxy) is 1. The molecule has 1 aromatic carbocycles. The molecule has 5 heteroatoms. The minimum absolute atomic E-state index is 0.291. The molecule has 0 radical (unpaired) electrons. The first-order chi connectivity index (χ1) is 9.17. The molecule has 0 spiro atoms. The molecule has 0 unspecified atom stereocenters. The van der Waals surface area contributed by atoms with Crippen LogP contribution in [0.4, 0.5) is 5.69 Å². The third-order valence-electron chi connectivity index (χ3n) is 3.44. The molecule has 1 fully saturated rings. The van der Waals surface area contributed by atoms with Crippen LogP contribution in [0.3, 0.4) is 0 Å². The van der Waals surface area contributed by atoms with E-state index in [0.29, 0.717) is 12.5 Å². The third-order valence-corrected chi connectivity index (χ3v) is 3.44. The van der Waals surface area contributed by atoms with Crippen molar-refractivity contribution in [2.24, 2.45) is 16.1 Å². The quantitative estimate of drug-likeness (QED) is 0.640. The number of guanidine groups is 1.